The standard InChI is InChI=1S/C13H11F3N2O3/c1-7-11(20)17-10(19)6-18(7)12(21)8-4-2-3-5-9(8)13(14,15)16/h2-5,7H,6H2,1H3,(H,17,19,20). The van der Waals surface area contributed by atoms with Gasteiger partial charge in [0.2, 0.25) is 11.8 Å². The van der Waals surface area contributed by atoms with Crippen molar-refractivity contribution in [1.82, 2.24) is 10.2 Å². The molecule has 1 saturated heterocycles. The van der Waals surface area contributed by atoms with Gasteiger partial charge in [-0.15, -0.1) is 0 Å². The van der Waals surface area contributed by atoms with Crippen molar-refractivity contribution < 1.29 is 27.6 Å². The van der Waals surface area contributed by atoms with Crippen molar-refractivity contribution in [1.29, 1.82) is 0 Å². The number of rotatable bonds is 1. The van der Waals surface area contributed by atoms with E-state index in [1.54, 1.807) is 0 Å². The number of hydrogen-bond donors (Lipinski definition) is 1. The van der Waals surface area contributed by atoms with Crippen LogP contribution in [0.4, 0.5) is 13.2 Å². The summed E-state index contributed by atoms with van der Waals surface area (Å²) < 4.78 is 38.7. The highest BCUT2D eigenvalue weighted by Crippen LogP contribution is 2.32. The van der Waals surface area contributed by atoms with Gasteiger partial charge in [0.15, 0.2) is 0 Å². The highest BCUT2D eigenvalue weighted by molar-refractivity contribution is 6.07. The van der Waals surface area contributed by atoms with E-state index in [0.29, 0.717) is 0 Å². The molecule has 1 aliphatic rings. The highest BCUT2D eigenvalue weighted by Gasteiger charge is 2.39. The first-order chi connectivity index (χ1) is 9.71. The highest BCUT2D eigenvalue weighted by atomic mass is 19.4. The minimum Gasteiger partial charge on any atom is -0.318 e. The van der Waals surface area contributed by atoms with Gasteiger partial charge in [-0.1, -0.05) is 12.1 Å². The molecule has 0 saturated carbocycles. The predicted molar refractivity (Wildman–Crippen MR) is 65.1 cm³/mol. The number of benzene rings is 1. The van der Waals surface area contributed by atoms with Crippen molar-refractivity contribution in [3.8, 4) is 0 Å². The maximum absolute atomic E-state index is 12.9. The molecule has 0 bridgehead atoms. The van der Waals surface area contributed by atoms with Gasteiger partial charge in [0.1, 0.15) is 12.6 Å². The van der Waals surface area contributed by atoms with E-state index in [9.17, 15) is 27.6 Å². The normalized spacial score (nSPS) is 19.4. The summed E-state index contributed by atoms with van der Waals surface area (Å²) in [5.41, 5.74) is -1.68. The largest absolute Gasteiger partial charge is 0.417 e. The Labute approximate surface area is 117 Å². The van der Waals surface area contributed by atoms with E-state index in [1.807, 2.05) is 5.32 Å². The Bertz CT molecular complexity index is 613. The predicted octanol–water partition coefficient (Wildman–Crippen LogP) is 1.19. The summed E-state index contributed by atoms with van der Waals surface area (Å²) in [5.74, 6) is -2.45. The van der Waals surface area contributed by atoms with E-state index in [1.165, 1.54) is 13.0 Å². The smallest absolute Gasteiger partial charge is 0.318 e. The molecule has 1 atom stereocenters. The number of imide groups is 1. The molecule has 1 heterocycles. The maximum Gasteiger partial charge on any atom is 0.417 e. The van der Waals surface area contributed by atoms with Gasteiger partial charge in [0.25, 0.3) is 5.91 Å². The van der Waals surface area contributed by atoms with E-state index in [4.69, 9.17) is 0 Å². The maximum atomic E-state index is 12.9. The minimum absolute atomic E-state index is 0.460. The van der Waals surface area contributed by atoms with Gasteiger partial charge in [0, 0.05) is 0 Å². The van der Waals surface area contributed by atoms with Gasteiger partial charge in [0.05, 0.1) is 11.1 Å². The molecule has 8 heteroatoms. The van der Waals surface area contributed by atoms with Gasteiger partial charge in [-0.3, -0.25) is 19.7 Å². The third-order valence-electron chi connectivity index (χ3n) is 3.15. The van der Waals surface area contributed by atoms with Crippen LogP contribution in [0, 0.1) is 0 Å². The summed E-state index contributed by atoms with van der Waals surface area (Å²) in [5, 5.41) is 2.02. The quantitative estimate of drug-likeness (QED) is 0.792. The number of nitrogens with zero attached hydrogens (tertiary/aromatic N) is 1. The number of halogens is 3. The van der Waals surface area contributed by atoms with Crippen LogP contribution in [-0.4, -0.2) is 35.2 Å². The number of piperazine rings is 1. The van der Waals surface area contributed by atoms with Gasteiger partial charge in [-0.2, -0.15) is 13.2 Å². The van der Waals surface area contributed by atoms with Crippen LogP contribution < -0.4 is 5.32 Å². The Hall–Kier alpha value is -2.38. The average molecular weight is 300 g/mol. The molecule has 1 aromatic rings. The van der Waals surface area contributed by atoms with E-state index < -0.39 is 47.6 Å². The van der Waals surface area contributed by atoms with Crippen molar-refractivity contribution in [2.75, 3.05) is 6.54 Å². The zero-order valence-electron chi connectivity index (χ0n) is 10.9. The molecule has 112 valence electrons. The number of alkyl halides is 3. The zero-order valence-corrected chi connectivity index (χ0v) is 10.9. The first kappa shape index (κ1) is 15.0. The minimum atomic E-state index is -4.70. The summed E-state index contributed by atoms with van der Waals surface area (Å²) in [6.07, 6.45) is -4.70. The lowest BCUT2D eigenvalue weighted by Gasteiger charge is -2.32. The Morgan fingerprint density at radius 1 is 1.29 bits per heavy atom. The van der Waals surface area contributed by atoms with Crippen molar-refractivity contribution in [2.24, 2.45) is 0 Å². The first-order valence-electron chi connectivity index (χ1n) is 6.02. The SMILES string of the molecule is CC1C(=O)NC(=O)CN1C(=O)c1ccccc1C(F)(F)F. The molecule has 1 aliphatic heterocycles. The number of amides is 3. The van der Waals surface area contributed by atoms with Crippen LogP contribution in [-0.2, 0) is 15.8 Å². The van der Waals surface area contributed by atoms with Crippen molar-refractivity contribution >= 4 is 17.7 Å². The van der Waals surface area contributed by atoms with Crippen molar-refractivity contribution in [2.45, 2.75) is 19.1 Å². The van der Waals surface area contributed by atoms with Crippen molar-refractivity contribution in [3.63, 3.8) is 0 Å². The fourth-order valence-corrected chi connectivity index (χ4v) is 2.03. The Balaban J connectivity index is 2.41. The van der Waals surface area contributed by atoms with Crippen LogP contribution >= 0.6 is 0 Å². The molecule has 1 fully saturated rings. The summed E-state index contributed by atoms with van der Waals surface area (Å²) >= 11 is 0. The van der Waals surface area contributed by atoms with E-state index in [0.717, 1.165) is 23.1 Å². The van der Waals surface area contributed by atoms with Crippen LogP contribution in [0.2, 0.25) is 0 Å². The number of nitrogens with one attached hydrogen (secondary N) is 1. The lowest BCUT2D eigenvalue weighted by atomic mass is 10.0. The Morgan fingerprint density at radius 3 is 2.52 bits per heavy atom. The van der Waals surface area contributed by atoms with Crippen LogP contribution in [0.25, 0.3) is 0 Å². The molecule has 1 aromatic carbocycles. The second kappa shape index (κ2) is 5.19. The van der Waals surface area contributed by atoms with Gasteiger partial charge < -0.3 is 4.90 Å². The van der Waals surface area contributed by atoms with Crippen LogP contribution in [0.5, 0.6) is 0 Å². The molecule has 3 amide bonds. The van der Waals surface area contributed by atoms with Gasteiger partial charge in [-0.25, -0.2) is 0 Å². The number of carbonyl (C=O) groups is 3. The lowest BCUT2D eigenvalue weighted by molar-refractivity contribution is -0.138. The summed E-state index contributed by atoms with van der Waals surface area (Å²) in [7, 11) is 0. The summed E-state index contributed by atoms with van der Waals surface area (Å²) in [4.78, 5) is 35.9. The number of carbonyl (C=O) groups excluding carboxylic acids is 3. The Kier molecular flexibility index (Phi) is 3.71. The first-order valence-corrected chi connectivity index (χ1v) is 6.02. The molecule has 0 radical (unpaired) electrons. The second-order valence-corrected chi connectivity index (χ2v) is 4.56. The molecule has 0 aliphatic carbocycles. The fraction of sp³-hybridized carbons (Fsp3) is 0.308. The monoisotopic (exact) mass is 300 g/mol. The summed E-state index contributed by atoms with van der Waals surface area (Å²) in [6.45, 7) is 0.883. The molecule has 21 heavy (non-hydrogen) atoms. The fourth-order valence-electron chi connectivity index (χ4n) is 2.03. The molecule has 0 spiro atoms. The van der Waals surface area contributed by atoms with Gasteiger partial charge in [-0.05, 0) is 19.1 Å². The molecule has 5 nitrogen and oxygen atoms in total. The molecule has 0 aromatic heterocycles. The van der Waals surface area contributed by atoms with Crippen LogP contribution in [0.15, 0.2) is 24.3 Å². The molecule has 1 N–H and O–H groups in total. The molecular weight excluding hydrogens is 289 g/mol. The topological polar surface area (TPSA) is 66.5 Å². The summed E-state index contributed by atoms with van der Waals surface area (Å²) in [6, 6.07) is 3.24. The lowest BCUT2D eigenvalue weighted by Crippen LogP contribution is -2.58. The zero-order chi connectivity index (χ0) is 15.8. The van der Waals surface area contributed by atoms with Crippen molar-refractivity contribution in [3.05, 3.63) is 35.4 Å². The van der Waals surface area contributed by atoms with Gasteiger partial charge >= 0.3 is 6.18 Å². The molecule has 2 rings (SSSR count). The second-order valence-electron chi connectivity index (χ2n) is 4.56. The van der Waals surface area contributed by atoms with Crippen LogP contribution in [0.3, 0.4) is 0 Å². The van der Waals surface area contributed by atoms with E-state index in [2.05, 4.69) is 0 Å². The van der Waals surface area contributed by atoms with Crippen LogP contribution in [0.1, 0.15) is 22.8 Å². The molecular formula is C13H11F3N2O3. The third kappa shape index (κ3) is 2.88. The van der Waals surface area contributed by atoms with E-state index >= 15 is 0 Å². The Morgan fingerprint density at radius 2 is 1.90 bits per heavy atom. The average Bonchev–Trinajstić information content (AvgIpc) is 2.41. The van der Waals surface area contributed by atoms with E-state index in [-0.39, 0.29) is 0 Å². The number of hydrogen-bond acceptors (Lipinski definition) is 3. The third-order valence-corrected chi connectivity index (χ3v) is 3.15. The molecule has 1 unspecified atom stereocenters.